The van der Waals surface area contributed by atoms with Gasteiger partial charge in [0.25, 0.3) is 0 Å². The van der Waals surface area contributed by atoms with E-state index >= 15 is 0 Å². The molecule has 9 heteroatoms. The highest BCUT2D eigenvalue weighted by molar-refractivity contribution is 5.73. The van der Waals surface area contributed by atoms with Gasteiger partial charge in [0.15, 0.2) is 5.65 Å². The maximum absolute atomic E-state index is 10.6. The highest BCUT2D eigenvalue weighted by Crippen LogP contribution is 2.13. The Morgan fingerprint density at radius 3 is 2.61 bits per heavy atom. The molecule has 0 aliphatic heterocycles. The SMILES string of the molecule is N#Cc1cnn2cccnc12.O=C(O)C(F)(F)F. The highest BCUT2D eigenvalue weighted by Gasteiger charge is 2.38. The van der Waals surface area contributed by atoms with Crippen molar-refractivity contribution >= 4 is 11.6 Å². The van der Waals surface area contributed by atoms with Crippen molar-refractivity contribution in [1.29, 1.82) is 5.26 Å². The number of rotatable bonds is 0. The summed E-state index contributed by atoms with van der Waals surface area (Å²) in [5.74, 6) is -2.76. The number of fused-ring (bicyclic) bond motifs is 1. The second kappa shape index (κ2) is 5.13. The lowest BCUT2D eigenvalue weighted by Gasteiger charge is -1.93. The molecule has 0 spiro atoms. The first-order chi connectivity index (χ1) is 8.36. The fourth-order valence-electron chi connectivity index (χ4n) is 0.906. The van der Waals surface area contributed by atoms with Crippen molar-refractivity contribution in [3.8, 4) is 6.07 Å². The van der Waals surface area contributed by atoms with Crippen LogP contribution in [0.3, 0.4) is 0 Å². The van der Waals surface area contributed by atoms with Gasteiger partial charge in [0, 0.05) is 12.4 Å². The number of nitrogens with zero attached hydrogens (tertiary/aromatic N) is 4. The summed E-state index contributed by atoms with van der Waals surface area (Å²) in [5, 5.41) is 19.6. The van der Waals surface area contributed by atoms with Gasteiger partial charge in [-0.2, -0.15) is 23.5 Å². The van der Waals surface area contributed by atoms with Crippen LogP contribution in [0, 0.1) is 11.3 Å². The third-order valence-electron chi connectivity index (χ3n) is 1.64. The predicted octanol–water partition coefficient (Wildman–Crippen LogP) is 1.23. The number of nitriles is 1. The van der Waals surface area contributed by atoms with Crippen LogP contribution in [0.1, 0.15) is 5.56 Å². The molecule has 94 valence electrons. The Bertz CT molecular complexity index is 600. The topological polar surface area (TPSA) is 91.3 Å². The average Bonchev–Trinajstić information content (AvgIpc) is 2.71. The molecule has 0 radical (unpaired) electrons. The molecule has 2 heterocycles. The van der Waals surface area contributed by atoms with Crippen molar-refractivity contribution in [2.24, 2.45) is 0 Å². The summed E-state index contributed by atoms with van der Waals surface area (Å²) in [6.07, 6.45) is -0.191. The summed E-state index contributed by atoms with van der Waals surface area (Å²) >= 11 is 0. The third-order valence-corrected chi connectivity index (χ3v) is 1.64. The van der Waals surface area contributed by atoms with Crippen LogP contribution in [0.4, 0.5) is 13.2 Å². The van der Waals surface area contributed by atoms with E-state index in [0.717, 1.165) is 0 Å². The Balaban J connectivity index is 0.000000203. The predicted molar refractivity (Wildman–Crippen MR) is 51.4 cm³/mol. The molecule has 0 aliphatic rings. The largest absolute Gasteiger partial charge is 0.490 e. The Morgan fingerprint density at radius 1 is 1.50 bits per heavy atom. The van der Waals surface area contributed by atoms with Gasteiger partial charge in [0.2, 0.25) is 0 Å². The number of hydrogen-bond acceptors (Lipinski definition) is 4. The maximum atomic E-state index is 10.6. The van der Waals surface area contributed by atoms with Gasteiger partial charge in [-0.3, -0.25) is 0 Å². The molecule has 6 nitrogen and oxygen atoms in total. The van der Waals surface area contributed by atoms with Crippen molar-refractivity contribution in [3.63, 3.8) is 0 Å². The summed E-state index contributed by atoms with van der Waals surface area (Å²) < 4.78 is 33.3. The minimum absolute atomic E-state index is 0.505. The zero-order valence-corrected chi connectivity index (χ0v) is 8.59. The molecule has 0 atom stereocenters. The van der Waals surface area contributed by atoms with E-state index in [4.69, 9.17) is 15.2 Å². The molecule has 2 aromatic heterocycles. The zero-order valence-electron chi connectivity index (χ0n) is 8.59. The van der Waals surface area contributed by atoms with Crippen molar-refractivity contribution in [1.82, 2.24) is 14.6 Å². The Hall–Kier alpha value is -2.63. The van der Waals surface area contributed by atoms with Crippen molar-refractivity contribution in [3.05, 3.63) is 30.2 Å². The van der Waals surface area contributed by atoms with Crippen molar-refractivity contribution in [2.45, 2.75) is 6.18 Å². The minimum Gasteiger partial charge on any atom is -0.475 e. The number of carbonyl (C=O) groups is 1. The van der Waals surface area contributed by atoms with Crippen LogP contribution in [-0.2, 0) is 4.79 Å². The molecule has 18 heavy (non-hydrogen) atoms. The first-order valence-electron chi connectivity index (χ1n) is 4.35. The number of hydrogen-bond donors (Lipinski definition) is 1. The number of aliphatic carboxylic acids is 1. The van der Waals surface area contributed by atoms with Crippen LogP contribution in [0.2, 0.25) is 0 Å². The van der Waals surface area contributed by atoms with E-state index in [-0.39, 0.29) is 0 Å². The second-order valence-electron chi connectivity index (χ2n) is 2.86. The molecule has 0 unspecified atom stereocenters. The zero-order chi connectivity index (χ0) is 13.8. The monoisotopic (exact) mass is 258 g/mol. The van der Waals surface area contributed by atoms with E-state index in [9.17, 15) is 13.2 Å². The molecule has 0 amide bonds. The summed E-state index contributed by atoms with van der Waals surface area (Å²) in [7, 11) is 0. The molecule has 0 saturated heterocycles. The van der Waals surface area contributed by atoms with Gasteiger partial charge >= 0.3 is 12.1 Å². The van der Waals surface area contributed by atoms with Gasteiger partial charge in [-0.25, -0.2) is 14.3 Å². The highest BCUT2D eigenvalue weighted by atomic mass is 19.4. The molecule has 1 N–H and O–H groups in total. The molecule has 0 bridgehead atoms. The van der Waals surface area contributed by atoms with Crippen LogP contribution < -0.4 is 0 Å². The number of alkyl halides is 3. The molecule has 0 fully saturated rings. The third kappa shape index (κ3) is 3.18. The molecular formula is C9H5F3N4O2. The summed E-state index contributed by atoms with van der Waals surface area (Å²) in [5.41, 5.74) is 1.11. The summed E-state index contributed by atoms with van der Waals surface area (Å²) in [4.78, 5) is 12.9. The molecule has 0 aliphatic carbocycles. The number of aromatic nitrogens is 3. The average molecular weight is 258 g/mol. The summed E-state index contributed by atoms with van der Waals surface area (Å²) in [6, 6.07) is 3.77. The van der Waals surface area contributed by atoms with E-state index in [1.807, 2.05) is 6.07 Å². The van der Waals surface area contributed by atoms with E-state index in [1.165, 1.54) is 6.20 Å². The second-order valence-corrected chi connectivity index (χ2v) is 2.86. The van der Waals surface area contributed by atoms with Gasteiger partial charge in [0.05, 0.1) is 6.20 Å². The van der Waals surface area contributed by atoms with Gasteiger partial charge in [0.1, 0.15) is 11.6 Å². The maximum Gasteiger partial charge on any atom is 0.490 e. The molecule has 0 aromatic carbocycles. The molecular weight excluding hydrogens is 253 g/mol. The van der Waals surface area contributed by atoms with Gasteiger partial charge < -0.3 is 5.11 Å². The standard InChI is InChI=1S/C7H4N4.C2HF3O2/c8-4-6-5-10-11-3-1-2-9-7(6)11;3-2(4,5)1(6)7/h1-3,5H;(H,6,7). The Morgan fingerprint density at radius 2 is 2.11 bits per heavy atom. The fraction of sp³-hybridized carbons (Fsp3) is 0.111. The van der Waals surface area contributed by atoms with Gasteiger partial charge in [-0.1, -0.05) is 0 Å². The first kappa shape index (κ1) is 13.4. The van der Waals surface area contributed by atoms with Crippen LogP contribution in [0.5, 0.6) is 0 Å². The van der Waals surface area contributed by atoms with Crippen LogP contribution in [-0.4, -0.2) is 31.9 Å². The lowest BCUT2D eigenvalue weighted by atomic mass is 10.4. The Kier molecular flexibility index (Phi) is 3.83. The van der Waals surface area contributed by atoms with Crippen molar-refractivity contribution < 1.29 is 23.1 Å². The number of halogens is 3. The van der Waals surface area contributed by atoms with Crippen LogP contribution in [0.15, 0.2) is 24.7 Å². The lowest BCUT2D eigenvalue weighted by Crippen LogP contribution is -2.21. The van der Waals surface area contributed by atoms with Gasteiger partial charge in [-0.15, -0.1) is 0 Å². The smallest absolute Gasteiger partial charge is 0.475 e. The van der Waals surface area contributed by atoms with Crippen LogP contribution in [0.25, 0.3) is 5.65 Å². The van der Waals surface area contributed by atoms with Gasteiger partial charge in [-0.05, 0) is 6.07 Å². The normalized spacial score (nSPS) is 10.3. The van der Waals surface area contributed by atoms with E-state index in [1.54, 1.807) is 23.0 Å². The van der Waals surface area contributed by atoms with Crippen LogP contribution >= 0.6 is 0 Å². The number of carboxylic acids is 1. The molecule has 2 aromatic rings. The molecule has 0 saturated carbocycles. The molecule has 2 rings (SSSR count). The number of carboxylic acid groups (broad SMARTS) is 1. The summed E-state index contributed by atoms with van der Waals surface area (Å²) in [6.45, 7) is 0. The fourth-order valence-corrected chi connectivity index (χ4v) is 0.906. The van der Waals surface area contributed by atoms with E-state index < -0.39 is 12.1 Å². The van der Waals surface area contributed by atoms with E-state index in [2.05, 4.69) is 10.1 Å². The van der Waals surface area contributed by atoms with Crippen molar-refractivity contribution in [2.75, 3.05) is 0 Å². The minimum atomic E-state index is -5.08. The Labute approximate surface area is 97.9 Å². The van der Waals surface area contributed by atoms with E-state index in [0.29, 0.717) is 11.2 Å². The first-order valence-corrected chi connectivity index (χ1v) is 4.35. The lowest BCUT2D eigenvalue weighted by molar-refractivity contribution is -0.192. The quantitative estimate of drug-likeness (QED) is 0.767.